The molecule has 0 aromatic rings. The van der Waals surface area contributed by atoms with E-state index < -0.39 is 0 Å². The molecule has 2 atom stereocenters. The third kappa shape index (κ3) is 1.47. The molecule has 0 radical (unpaired) electrons. The molecule has 0 aromatic heterocycles. The minimum atomic E-state index is 0.674. The molecule has 1 fully saturated rings. The Labute approximate surface area is 113 Å². The third-order valence-corrected chi connectivity index (χ3v) is 5.69. The molecule has 3 heterocycles. The Kier molecular flexibility index (Phi) is 2.59. The Hall–Kier alpha value is -0.670. The van der Waals surface area contributed by atoms with Gasteiger partial charge in [0.2, 0.25) is 0 Å². The first-order valence-electron chi connectivity index (χ1n) is 7.10. The van der Waals surface area contributed by atoms with Crippen molar-refractivity contribution >= 4 is 11.8 Å². The van der Waals surface area contributed by atoms with Crippen molar-refractivity contribution in [3.8, 4) is 0 Å². The highest BCUT2D eigenvalue weighted by atomic mass is 32.2. The molecule has 4 aliphatic rings. The van der Waals surface area contributed by atoms with Gasteiger partial charge in [-0.05, 0) is 41.7 Å². The van der Waals surface area contributed by atoms with E-state index >= 15 is 0 Å². The Balaban J connectivity index is 1.88. The van der Waals surface area contributed by atoms with Crippen LogP contribution in [0.15, 0.2) is 33.2 Å². The molecule has 1 N–H and O–H groups in total. The van der Waals surface area contributed by atoms with Gasteiger partial charge in [0.15, 0.2) is 0 Å². The van der Waals surface area contributed by atoms with Crippen molar-refractivity contribution in [3.63, 3.8) is 0 Å². The van der Waals surface area contributed by atoms with Crippen LogP contribution in [0.4, 0.5) is 0 Å². The fraction of sp³-hybridized carbons (Fsp3) is 0.600. The fourth-order valence-corrected chi connectivity index (χ4v) is 4.96. The number of hydrogen-bond acceptors (Lipinski definition) is 3. The molecule has 1 aliphatic carbocycles. The summed E-state index contributed by atoms with van der Waals surface area (Å²) in [5.41, 5.74) is 5.01. The van der Waals surface area contributed by atoms with Crippen LogP contribution in [-0.4, -0.2) is 30.6 Å². The second kappa shape index (κ2) is 4.17. The van der Waals surface area contributed by atoms with Gasteiger partial charge in [0.25, 0.3) is 0 Å². The zero-order chi connectivity index (χ0) is 12.1. The minimum Gasteiger partial charge on any atom is -0.360 e. The fourth-order valence-electron chi connectivity index (χ4n) is 4.00. The molecular weight excluding hydrogens is 240 g/mol. The van der Waals surface area contributed by atoms with E-state index in [1.807, 2.05) is 11.8 Å². The Morgan fingerprint density at radius 2 is 2.33 bits per heavy atom. The number of rotatable bonds is 0. The van der Waals surface area contributed by atoms with Gasteiger partial charge in [-0.2, -0.15) is 0 Å². The SMILES string of the molecule is CC1CNCC2=C3CCCC4=C3N(CC=CS4)C21. The zero-order valence-corrected chi connectivity index (χ0v) is 11.7. The van der Waals surface area contributed by atoms with Gasteiger partial charge < -0.3 is 10.2 Å². The maximum atomic E-state index is 3.60. The van der Waals surface area contributed by atoms with E-state index in [2.05, 4.69) is 28.6 Å². The van der Waals surface area contributed by atoms with Crippen LogP contribution in [0.25, 0.3) is 0 Å². The first kappa shape index (κ1) is 11.2. The Bertz CT molecular complexity index is 475. The van der Waals surface area contributed by atoms with Gasteiger partial charge in [0, 0.05) is 24.5 Å². The summed E-state index contributed by atoms with van der Waals surface area (Å²) in [5, 5.41) is 5.90. The van der Waals surface area contributed by atoms with Crippen molar-refractivity contribution in [2.75, 3.05) is 19.6 Å². The summed E-state index contributed by atoms with van der Waals surface area (Å²) in [7, 11) is 0. The third-order valence-electron chi connectivity index (χ3n) is 4.68. The molecule has 3 aliphatic heterocycles. The van der Waals surface area contributed by atoms with Crippen molar-refractivity contribution in [1.29, 1.82) is 0 Å². The van der Waals surface area contributed by atoms with Crippen LogP contribution in [-0.2, 0) is 0 Å². The molecule has 96 valence electrons. The van der Waals surface area contributed by atoms with E-state index in [9.17, 15) is 0 Å². The number of allylic oxidation sites excluding steroid dienone is 2. The second-order valence-electron chi connectivity index (χ2n) is 5.82. The summed E-state index contributed by atoms with van der Waals surface area (Å²) >= 11 is 1.96. The van der Waals surface area contributed by atoms with Crippen LogP contribution in [0.2, 0.25) is 0 Å². The maximum absolute atomic E-state index is 3.60. The standard InChI is InChI=1S/C15H20N2S/c1-10-8-16-9-12-11-4-2-5-13-15(11)17(14(10)12)6-3-7-18-13/h3,7,10,14,16H,2,4-6,8-9H2,1H3. The molecule has 2 unspecified atom stereocenters. The predicted octanol–water partition coefficient (Wildman–Crippen LogP) is 2.86. The van der Waals surface area contributed by atoms with Crippen LogP contribution in [0.5, 0.6) is 0 Å². The van der Waals surface area contributed by atoms with Gasteiger partial charge >= 0.3 is 0 Å². The summed E-state index contributed by atoms with van der Waals surface area (Å²) in [6.07, 6.45) is 6.27. The summed E-state index contributed by atoms with van der Waals surface area (Å²) in [4.78, 5) is 4.32. The lowest BCUT2D eigenvalue weighted by atomic mass is 9.88. The van der Waals surface area contributed by atoms with Gasteiger partial charge in [-0.25, -0.2) is 0 Å². The van der Waals surface area contributed by atoms with Crippen LogP contribution in [0.1, 0.15) is 26.2 Å². The van der Waals surface area contributed by atoms with Crippen LogP contribution >= 0.6 is 11.8 Å². The number of thioether (sulfide) groups is 1. The van der Waals surface area contributed by atoms with Gasteiger partial charge in [-0.15, -0.1) is 11.8 Å². The summed E-state index contributed by atoms with van der Waals surface area (Å²) in [6, 6.07) is 0.674. The van der Waals surface area contributed by atoms with Crippen molar-refractivity contribution in [1.82, 2.24) is 10.2 Å². The van der Waals surface area contributed by atoms with E-state index in [0.29, 0.717) is 6.04 Å². The molecule has 0 spiro atoms. The lowest BCUT2D eigenvalue weighted by Gasteiger charge is -2.37. The molecule has 3 heteroatoms. The van der Waals surface area contributed by atoms with Crippen LogP contribution in [0, 0.1) is 5.92 Å². The number of nitrogens with zero attached hydrogens (tertiary/aromatic N) is 1. The van der Waals surface area contributed by atoms with Crippen molar-refractivity contribution < 1.29 is 0 Å². The number of nitrogens with one attached hydrogen (secondary N) is 1. The monoisotopic (exact) mass is 260 g/mol. The van der Waals surface area contributed by atoms with Gasteiger partial charge in [0.1, 0.15) is 0 Å². The largest absolute Gasteiger partial charge is 0.360 e. The van der Waals surface area contributed by atoms with Crippen molar-refractivity contribution in [2.45, 2.75) is 32.2 Å². The smallest absolute Gasteiger partial charge is 0.0562 e. The summed E-state index contributed by atoms with van der Waals surface area (Å²) in [5.74, 6) is 0.733. The number of fused-ring (bicyclic) bond motifs is 2. The lowest BCUT2D eigenvalue weighted by Crippen LogP contribution is -2.46. The highest BCUT2D eigenvalue weighted by molar-refractivity contribution is 8.05. The number of piperidine rings is 1. The van der Waals surface area contributed by atoms with E-state index in [0.717, 1.165) is 25.6 Å². The van der Waals surface area contributed by atoms with E-state index in [-0.39, 0.29) is 0 Å². The maximum Gasteiger partial charge on any atom is 0.0562 e. The van der Waals surface area contributed by atoms with Gasteiger partial charge in [0.05, 0.1) is 11.7 Å². The van der Waals surface area contributed by atoms with E-state index in [4.69, 9.17) is 0 Å². The van der Waals surface area contributed by atoms with Gasteiger partial charge in [-0.1, -0.05) is 13.0 Å². The average molecular weight is 260 g/mol. The highest BCUT2D eigenvalue weighted by Gasteiger charge is 2.42. The molecule has 0 amide bonds. The molecule has 18 heavy (non-hydrogen) atoms. The first-order valence-corrected chi connectivity index (χ1v) is 7.98. The highest BCUT2D eigenvalue weighted by Crippen LogP contribution is 2.48. The zero-order valence-electron chi connectivity index (χ0n) is 10.9. The lowest BCUT2D eigenvalue weighted by molar-refractivity contribution is 0.237. The molecule has 4 rings (SSSR count). The number of hydrogen-bond donors (Lipinski definition) is 1. The van der Waals surface area contributed by atoms with Crippen molar-refractivity contribution in [3.05, 3.63) is 33.2 Å². The van der Waals surface area contributed by atoms with Crippen LogP contribution < -0.4 is 5.32 Å². The quantitative estimate of drug-likeness (QED) is 0.721. The second-order valence-corrected chi connectivity index (χ2v) is 6.82. The molecule has 0 saturated carbocycles. The molecule has 0 aromatic carbocycles. The average Bonchev–Trinajstić information content (AvgIpc) is 2.57. The van der Waals surface area contributed by atoms with Gasteiger partial charge in [-0.3, -0.25) is 0 Å². The Morgan fingerprint density at radius 1 is 1.39 bits per heavy atom. The first-order chi connectivity index (χ1) is 8.86. The van der Waals surface area contributed by atoms with E-state index in [1.165, 1.54) is 19.3 Å². The molecule has 0 bridgehead atoms. The topological polar surface area (TPSA) is 15.3 Å². The molecular formula is C15H20N2S. The summed E-state index contributed by atoms with van der Waals surface area (Å²) < 4.78 is 0. The van der Waals surface area contributed by atoms with E-state index in [1.54, 1.807) is 21.7 Å². The molecule has 1 saturated heterocycles. The Morgan fingerprint density at radius 3 is 3.28 bits per heavy atom. The van der Waals surface area contributed by atoms with Crippen molar-refractivity contribution in [2.24, 2.45) is 5.92 Å². The molecule has 2 nitrogen and oxygen atoms in total. The summed E-state index contributed by atoms with van der Waals surface area (Å²) in [6.45, 7) is 5.79. The minimum absolute atomic E-state index is 0.674. The normalized spacial score (nSPS) is 34.6. The predicted molar refractivity (Wildman–Crippen MR) is 77.2 cm³/mol. The van der Waals surface area contributed by atoms with Crippen LogP contribution in [0.3, 0.4) is 0 Å².